The Morgan fingerprint density at radius 2 is 1.50 bits per heavy atom. The van der Waals surface area contributed by atoms with Gasteiger partial charge in [0, 0.05) is 0 Å². The average Bonchev–Trinajstić information content (AvgIpc) is 2.49. The maximum Gasteiger partial charge on any atom is -0.0239 e. The standard InChI is InChI=1S/C20H38/c1-4-7-8-9-11-19-14-16-20(17-15-19)13-10-12-18(5-2)6-3/h5,18-20H,2,4,6-17H2,1,3H3. The third-order valence-corrected chi connectivity index (χ3v) is 5.48. The van der Waals surface area contributed by atoms with Gasteiger partial charge in [0.05, 0.1) is 0 Å². The summed E-state index contributed by atoms with van der Waals surface area (Å²) in [7, 11) is 0. The molecule has 0 aromatic carbocycles. The molecule has 20 heavy (non-hydrogen) atoms. The SMILES string of the molecule is C=CC(CC)CCCC1CCC(CCCCCC)CC1. The summed E-state index contributed by atoms with van der Waals surface area (Å²) in [5.74, 6) is 2.88. The quantitative estimate of drug-likeness (QED) is 0.278. The number of hydrogen-bond donors (Lipinski definition) is 0. The Kier molecular flexibility index (Phi) is 10.1. The minimum Gasteiger partial charge on any atom is -0.103 e. The molecule has 118 valence electrons. The van der Waals surface area contributed by atoms with E-state index in [2.05, 4.69) is 26.5 Å². The fourth-order valence-electron chi connectivity index (χ4n) is 3.83. The van der Waals surface area contributed by atoms with E-state index in [4.69, 9.17) is 0 Å². The maximum atomic E-state index is 3.95. The fraction of sp³-hybridized carbons (Fsp3) is 0.900. The molecule has 0 N–H and O–H groups in total. The summed E-state index contributed by atoms with van der Waals surface area (Å²) in [5, 5.41) is 0. The van der Waals surface area contributed by atoms with Gasteiger partial charge in [-0.3, -0.25) is 0 Å². The van der Waals surface area contributed by atoms with Gasteiger partial charge in [0.1, 0.15) is 0 Å². The van der Waals surface area contributed by atoms with E-state index < -0.39 is 0 Å². The van der Waals surface area contributed by atoms with Crippen LogP contribution in [0.4, 0.5) is 0 Å². The highest BCUT2D eigenvalue weighted by Crippen LogP contribution is 2.34. The van der Waals surface area contributed by atoms with Crippen LogP contribution in [0.1, 0.15) is 97.3 Å². The van der Waals surface area contributed by atoms with E-state index >= 15 is 0 Å². The third-order valence-electron chi connectivity index (χ3n) is 5.48. The van der Waals surface area contributed by atoms with Crippen molar-refractivity contribution in [2.75, 3.05) is 0 Å². The molecular formula is C20H38. The summed E-state index contributed by atoms with van der Waals surface area (Å²) < 4.78 is 0. The van der Waals surface area contributed by atoms with E-state index in [-0.39, 0.29) is 0 Å². The van der Waals surface area contributed by atoms with E-state index in [9.17, 15) is 0 Å². The summed E-state index contributed by atoms with van der Waals surface area (Å²) in [5.41, 5.74) is 0. The van der Waals surface area contributed by atoms with Crippen LogP contribution in [0.5, 0.6) is 0 Å². The normalized spacial score (nSPS) is 24.5. The summed E-state index contributed by atoms with van der Waals surface area (Å²) in [6.45, 7) is 8.54. The zero-order valence-electron chi connectivity index (χ0n) is 14.2. The van der Waals surface area contributed by atoms with Gasteiger partial charge in [0.15, 0.2) is 0 Å². The molecule has 0 saturated heterocycles. The van der Waals surface area contributed by atoms with Crippen LogP contribution < -0.4 is 0 Å². The Morgan fingerprint density at radius 3 is 2.00 bits per heavy atom. The van der Waals surface area contributed by atoms with Crippen molar-refractivity contribution in [1.82, 2.24) is 0 Å². The van der Waals surface area contributed by atoms with Crippen LogP contribution in [0.25, 0.3) is 0 Å². The van der Waals surface area contributed by atoms with Crippen molar-refractivity contribution in [2.45, 2.75) is 97.3 Å². The topological polar surface area (TPSA) is 0 Å². The van der Waals surface area contributed by atoms with E-state index in [1.54, 1.807) is 0 Å². The van der Waals surface area contributed by atoms with Gasteiger partial charge in [-0.2, -0.15) is 0 Å². The zero-order chi connectivity index (χ0) is 14.6. The Morgan fingerprint density at radius 1 is 0.900 bits per heavy atom. The Hall–Kier alpha value is -0.260. The van der Waals surface area contributed by atoms with Crippen molar-refractivity contribution >= 4 is 0 Å². The smallest absolute Gasteiger partial charge is 0.0239 e. The molecule has 0 heterocycles. The third kappa shape index (κ3) is 7.50. The van der Waals surface area contributed by atoms with Crippen molar-refractivity contribution in [3.63, 3.8) is 0 Å². The monoisotopic (exact) mass is 278 g/mol. The lowest BCUT2D eigenvalue weighted by atomic mass is 9.77. The first-order valence-corrected chi connectivity index (χ1v) is 9.42. The highest BCUT2D eigenvalue weighted by Gasteiger charge is 2.20. The predicted octanol–water partition coefficient (Wildman–Crippen LogP) is 7.15. The molecule has 1 fully saturated rings. The van der Waals surface area contributed by atoms with Gasteiger partial charge in [0.2, 0.25) is 0 Å². The van der Waals surface area contributed by atoms with Crippen LogP contribution >= 0.6 is 0 Å². The molecule has 0 spiro atoms. The Balaban J connectivity index is 2.02. The Labute approximate surface area is 128 Å². The molecule has 0 aromatic heterocycles. The second-order valence-corrected chi connectivity index (χ2v) is 7.07. The lowest BCUT2D eigenvalue weighted by Gasteiger charge is -2.28. The number of hydrogen-bond acceptors (Lipinski definition) is 0. The van der Waals surface area contributed by atoms with Gasteiger partial charge >= 0.3 is 0 Å². The molecule has 1 saturated carbocycles. The van der Waals surface area contributed by atoms with Crippen LogP contribution in [0.2, 0.25) is 0 Å². The van der Waals surface area contributed by atoms with Crippen LogP contribution in [0.3, 0.4) is 0 Å². The van der Waals surface area contributed by atoms with Crippen LogP contribution in [-0.2, 0) is 0 Å². The number of allylic oxidation sites excluding steroid dienone is 1. The van der Waals surface area contributed by atoms with Crippen LogP contribution in [0.15, 0.2) is 12.7 Å². The van der Waals surface area contributed by atoms with Crippen LogP contribution in [-0.4, -0.2) is 0 Å². The Bertz CT molecular complexity index is 222. The van der Waals surface area contributed by atoms with E-state index in [0.29, 0.717) is 0 Å². The molecule has 0 nitrogen and oxygen atoms in total. The average molecular weight is 279 g/mol. The largest absolute Gasteiger partial charge is 0.103 e. The molecule has 1 atom stereocenters. The first kappa shape index (κ1) is 17.8. The van der Waals surface area contributed by atoms with Gasteiger partial charge in [-0.15, -0.1) is 6.58 Å². The van der Waals surface area contributed by atoms with Crippen molar-refractivity contribution in [3.8, 4) is 0 Å². The summed E-state index contributed by atoms with van der Waals surface area (Å²) in [6.07, 6.45) is 21.1. The van der Waals surface area contributed by atoms with Crippen molar-refractivity contribution in [3.05, 3.63) is 12.7 Å². The van der Waals surface area contributed by atoms with Crippen molar-refractivity contribution in [2.24, 2.45) is 17.8 Å². The van der Waals surface area contributed by atoms with Crippen molar-refractivity contribution in [1.29, 1.82) is 0 Å². The minimum atomic E-state index is 0.768. The minimum absolute atomic E-state index is 0.768. The zero-order valence-corrected chi connectivity index (χ0v) is 14.2. The molecule has 0 aromatic rings. The molecule has 1 rings (SSSR count). The van der Waals surface area contributed by atoms with Gasteiger partial charge in [0.25, 0.3) is 0 Å². The van der Waals surface area contributed by atoms with E-state index in [1.165, 1.54) is 83.5 Å². The first-order chi connectivity index (χ1) is 9.80. The summed E-state index contributed by atoms with van der Waals surface area (Å²) in [4.78, 5) is 0. The number of unbranched alkanes of at least 4 members (excludes halogenated alkanes) is 3. The molecule has 1 aliphatic carbocycles. The highest BCUT2D eigenvalue weighted by atomic mass is 14.3. The van der Waals surface area contributed by atoms with E-state index in [1.807, 2.05) is 0 Å². The second-order valence-electron chi connectivity index (χ2n) is 7.07. The van der Waals surface area contributed by atoms with Gasteiger partial charge in [-0.05, 0) is 30.6 Å². The lowest BCUT2D eigenvalue weighted by molar-refractivity contribution is 0.242. The predicted molar refractivity (Wildman–Crippen MR) is 92.0 cm³/mol. The molecule has 0 radical (unpaired) electrons. The van der Waals surface area contributed by atoms with Gasteiger partial charge in [-0.1, -0.05) is 90.6 Å². The molecule has 1 unspecified atom stereocenters. The first-order valence-electron chi connectivity index (χ1n) is 9.42. The number of rotatable bonds is 11. The van der Waals surface area contributed by atoms with Crippen LogP contribution in [0, 0.1) is 17.8 Å². The molecule has 0 aliphatic heterocycles. The molecule has 0 amide bonds. The van der Waals surface area contributed by atoms with Gasteiger partial charge in [-0.25, -0.2) is 0 Å². The maximum absolute atomic E-state index is 3.95. The molecular weight excluding hydrogens is 240 g/mol. The fourth-order valence-corrected chi connectivity index (χ4v) is 3.83. The van der Waals surface area contributed by atoms with E-state index in [0.717, 1.165) is 17.8 Å². The summed E-state index contributed by atoms with van der Waals surface area (Å²) >= 11 is 0. The lowest BCUT2D eigenvalue weighted by Crippen LogP contribution is -2.14. The molecule has 0 heteroatoms. The summed E-state index contributed by atoms with van der Waals surface area (Å²) in [6, 6.07) is 0. The molecule has 0 bridgehead atoms. The molecule has 1 aliphatic rings. The second kappa shape index (κ2) is 11.4. The van der Waals surface area contributed by atoms with Crippen molar-refractivity contribution < 1.29 is 0 Å². The van der Waals surface area contributed by atoms with Gasteiger partial charge < -0.3 is 0 Å². The highest BCUT2D eigenvalue weighted by molar-refractivity contribution is 4.78.